The van der Waals surface area contributed by atoms with E-state index in [4.69, 9.17) is 4.74 Å². The number of ether oxygens (including phenoxy) is 1. The molecule has 0 saturated carbocycles. The lowest BCUT2D eigenvalue weighted by Gasteiger charge is -2.38. The first-order valence-electron chi connectivity index (χ1n) is 11.4. The van der Waals surface area contributed by atoms with Crippen molar-refractivity contribution in [2.45, 2.75) is 32.6 Å². The van der Waals surface area contributed by atoms with Crippen LogP contribution in [0.2, 0.25) is 0 Å². The number of nitro benzene ring substituents is 1. The fourth-order valence-electron chi connectivity index (χ4n) is 5.19. The van der Waals surface area contributed by atoms with Gasteiger partial charge in [0.15, 0.2) is 5.78 Å². The number of nitro groups is 1. The number of ketones is 1. The topological polar surface area (TPSA) is 100 Å². The molecule has 0 fully saturated rings. The summed E-state index contributed by atoms with van der Waals surface area (Å²) >= 11 is 0. The van der Waals surface area contributed by atoms with Gasteiger partial charge in [0.25, 0.3) is 5.69 Å². The molecule has 0 N–H and O–H groups in total. The summed E-state index contributed by atoms with van der Waals surface area (Å²) in [6, 6.07) is 18.1. The number of rotatable bonds is 3. The number of fused-ring (bicyclic) bond motifs is 3. The van der Waals surface area contributed by atoms with E-state index >= 15 is 0 Å². The van der Waals surface area contributed by atoms with Crippen molar-refractivity contribution in [1.82, 2.24) is 15.0 Å². The highest BCUT2D eigenvalue weighted by Gasteiger charge is 2.43. The lowest BCUT2D eigenvalue weighted by molar-refractivity contribution is -0.384. The molecule has 3 aromatic carbocycles. The number of hydrogen-bond acceptors (Lipinski definition) is 6. The van der Waals surface area contributed by atoms with Crippen molar-refractivity contribution in [2.75, 3.05) is 0 Å². The SMILES string of the molecule is CC1(C)CC(=O)C2=C(C1)Oc1ccc3ccccc3c1C2c1cn(-c2ccc([N+](=O)[O-])cc2)nn1. The van der Waals surface area contributed by atoms with Crippen molar-refractivity contribution in [3.63, 3.8) is 0 Å². The molecule has 0 bridgehead atoms. The predicted molar refractivity (Wildman–Crippen MR) is 129 cm³/mol. The molecule has 1 unspecified atom stereocenters. The molecule has 0 radical (unpaired) electrons. The average Bonchev–Trinajstić information content (AvgIpc) is 3.32. The van der Waals surface area contributed by atoms with Gasteiger partial charge in [-0.25, -0.2) is 4.68 Å². The van der Waals surface area contributed by atoms with Gasteiger partial charge in [0.05, 0.1) is 28.4 Å². The van der Waals surface area contributed by atoms with Crippen LogP contribution in [-0.2, 0) is 4.79 Å². The van der Waals surface area contributed by atoms with Crippen molar-refractivity contribution in [3.8, 4) is 11.4 Å². The van der Waals surface area contributed by atoms with Gasteiger partial charge in [0, 0.05) is 36.1 Å². The summed E-state index contributed by atoms with van der Waals surface area (Å²) in [6.45, 7) is 4.15. The van der Waals surface area contributed by atoms with Crippen LogP contribution in [0.5, 0.6) is 5.75 Å². The van der Waals surface area contributed by atoms with Gasteiger partial charge in [-0.1, -0.05) is 49.4 Å². The molecule has 2 heterocycles. The highest BCUT2D eigenvalue weighted by Crippen LogP contribution is 2.51. The van der Waals surface area contributed by atoms with Gasteiger partial charge >= 0.3 is 0 Å². The molecule has 6 rings (SSSR count). The van der Waals surface area contributed by atoms with Gasteiger partial charge in [-0.05, 0) is 34.4 Å². The fourth-order valence-corrected chi connectivity index (χ4v) is 5.19. The molecular formula is C27H22N4O4. The van der Waals surface area contributed by atoms with E-state index in [1.54, 1.807) is 23.0 Å². The molecular weight excluding hydrogens is 444 g/mol. The van der Waals surface area contributed by atoms with E-state index in [1.807, 2.05) is 36.4 Å². The Kier molecular flexibility index (Phi) is 4.60. The monoisotopic (exact) mass is 466 g/mol. The van der Waals surface area contributed by atoms with E-state index in [2.05, 4.69) is 24.2 Å². The summed E-state index contributed by atoms with van der Waals surface area (Å²) in [5, 5.41) is 21.9. The standard InChI is InChI=1S/C27H22N4O4/c1-27(2)13-21(32)26-23(14-27)35-22-12-7-16-5-3-4-6-19(16)24(22)25(26)20-15-30(29-28-20)17-8-10-18(11-9-17)31(33)34/h3-12,15,25H,13-14H2,1-2H3. The summed E-state index contributed by atoms with van der Waals surface area (Å²) < 4.78 is 7.95. The molecule has 0 saturated heterocycles. The molecule has 0 spiro atoms. The van der Waals surface area contributed by atoms with Crippen molar-refractivity contribution in [3.05, 3.63) is 99.6 Å². The molecule has 1 atom stereocenters. The lowest BCUT2D eigenvalue weighted by Crippen LogP contribution is -2.33. The van der Waals surface area contributed by atoms with E-state index in [0.29, 0.717) is 35.6 Å². The molecule has 174 valence electrons. The average molecular weight is 466 g/mol. The summed E-state index contributed by atoms with van der Waals surface area (Å²) in [4.78, 5) is 24.1. The maximum Gasteiger partial charge on any atom is 0.269 e. The van der Waals surface area contributed by atoms with Crippen molar-refractivity contribution in [1.29, 1.82) is 0 Å². The quantitative estimate of drug-likeness (QED) is 0.292. The van der Waals surface area contributed by atoms with Gasteiger partial charge in [0.1, 0.15) is 11.5 Å². The number of Topliss-reactive ketones (excluding diaryl/α,β-unsaturated/α-hetero) is 1. The van der Waals surface area contributed by atoms with Crippen LogP contribution < -0.4 is 4.74 Å². The Labute approximate surface area is 201 Å². The van der Waals surface area contributed by atoms with Crippen LogP contribution >= 0.6 is 0 Å². The fraction of sp³-hybridized carbons (Fsp3) is 0.222. The second kappa shape index (κ2) is 7.59. The van der Waals surface area contributed by atoms with Crippen LogP contribution in [0.3, 0.4) is 0 Å². The summed E-state index contributed by atoms with van der Waals surface area (Å²) in [5.41, 5.74) is 2.64. The third-order valence-electron chi connectivity index (χ3n) is 6.75. The van der Waals surface area contributed by atoms with E-state index in [0.717, 1.165) is 22.1 Å². The third kappa shape index (κ3) is 3.49. The van der Waals surface area contributed by atoms with Crippen LogP contribution in [0, 0.1) is 15.5 Å². The number of carbonyl (C=O) groups is 1. The van der Waals surface area contributed by atoms with Crippen LogP contribution in [0.25, 0.3) is 16.5 Å². The summed E-state index contributed by atoms with van der Waals surface area (Å²) in [5.74, 6) is 1.06. The molecule has 8 heteroatoms. The number of benzene rings is 3. The first-order chi connectivity index (χ1) is 16.8. The van der Waals surface area contributed by atoms with Crippen LogP contribution in [-0.4, -0.2) is 25.7 Å². The Morgan fingerprint density at radius 2 is 1.83 bits per heavy atom. The number of nitrogens with zero attached hydrogens (tertiary/aromatic N) is 4. The van der Waals surface area contributed by atoms with Crippen molar-refractivity contribution < 1.29 is 14.5 Å². The van der Waals surface area contributed by atoms with Gasteiger partial charge in [-0.2, -0.15) is 0 Å². The van der Waals surface area contributed by atoms with Crippen LogP contribution in [0.1, 0.15) is 43.9 Å². The number of non-ortho nitro benzene ring substituents is 1. The lowest BCUT2D eigenvalue weighted by atomic mass is 9.70. The van der Waals surface area contributed by atoms with Gasteiger partial charge in [-0.3, -0.25) is 14.9 Å². The zero-order chi connectivity index (χ0) is 24.3. The normalized spacial score (nSPS) is 18.7. The maximum absolute atomic E-state index is 13.5. The zero-order valence-corrected chi connectivity index (χ0v) is 19.3. The Morgan fingerprint density at radius 1 is 1.06 bits per heavy atom. The molecule has 2 aliphatic rings. The first kappa shape index (κ1) is 21.2. The smallest absolute Gasteiger partial charge is 0.269 e. The minimum atomic E-state index is -0.440. The Morgan fingerprint density at radius 3 is 2.60 bits per heavy atom. The molecule has 8 nitrogen and oxygen atoms in total. The summed E-state index contributed by atoms with van der Waals surface area (Å²) in [6.07, 6.45) is 2.88. The second-order valence-corrected chi connectivity index (χ2v) is 9.87. The number of allylic oxidation sites excluding steroid dienone is 2. The zero-order valence-electron chi connectivity index (χ0n) is 19.3. The second-order valence-electron chi connectivity index (χ2n) is 9.87. The Hall–Kier alpha value is -4.33. The largest absolute Gasteiger partial charge is 0.461 e. The van der Waals surface area contributed by atoms with Gasteiger partial charge in [-0.15, -0.1) is 5.10 Å². The van der Waals surface area contributed by atoms with E-state index < -0.39 is 10.8 Å². The van der Waals surface area contributed by atoms with E-state index in [1.165, 1.54) is 12.1 Å². The molecule has 4 aromatic rings. The number of hydrogen-bond donors (Lipinski definition) is 0. The van der Waals surface area contributed by atoms with Crippen molar-refractivity contribution in [2.24, 2.45) is 5.41 Å². The maximum atomic E-state index is 13.5. The summed E-state index contributed by atoms with van der Waals surface area (Å²) in [7, 11) is 0. The molecule has 0 amide bonds. The molecule has 1 aliphatic carbocycles. The minimum absolute atomic E-state index is 0.00382. The molecule has 1 aromatic heterocycles. The highest BCUT2D eigenvalue weighted by molar-refractivity contribution is 6.02. The Bertz CT molecular complexity index is 1550. The highest BCUT2D eigenvalue weighted by atomic mass is 16.6. The van der Waals surface area contributed by atoms with Gasteiger partial charge < -0.3 is 4.74 Å². The Balaban J connectivity index is 1.53. The number of aromatic nitrogens is 3. The predicted octanol–water partition coefficient (Wildman–Crippen LogP) is 5.50. The minimum Gasteiger partial charge on any atom is -0.461 e. The van der Waals surface area contributed by atoms with Gasteiger partial charge in [0.2, 0.25) is 0 Å². The van der Waals surface area contributed by atoms with Crippen molar-refractivity contribution >= 4 is 22.2 Å². The molecule has 35 heavy (non-hydrogen) atoms. The third-order valence-corrected chi connectivity index (χ3v) is 6.75. The van der Waals surface area contributed by atoms with E-state index in [-0.39, 0.29) is 16.9 Å². The van der Waals surface area contributed by atoms with E-state index in [9.17, 15) is 14.9 Å². The van der Waals surface area contributed by atoms with Crippen LogP contribution in [0.4, 0.5) is 5.69 Å². The first-order valence-corrected chi connectivity index (χ1v) is 11.4. The molecule has 1 aliphatic heterocycles. The number of carbonyl (C=O) groups excluding carboxylic acids is 1. The van der Waals surface area contributed by atoms with Crippen LogP contribution in [0.15, 0.2) is 78.2 Å².